The fourth-order valence-corrected chi connectivity index (χ4v) is 5.27. The molecular formula is C23H30ClN5O. The summed E-state index contributed by atoms with van der Waals surface area (Å²) in [6.45, 7) is 6.32. The number of anilines is 3. The van der Waals surface area contributed by atoms with Crippen LogP contribution in [0.5, 0.6) is 0 Å². The molecule has 3 N–H and O–H groups in total. The van der Waals surface area contributed by atoms with Crippen LogP contribution in [0.25, 0.3) is 0 Å². The van der Waals surface area contributed by atoms with Gasteiger partial charge in [0.1, 0.15) is 0 Å². The van der Waals surface area contributed by atoms with Gasteiger partial charge in [-0.1, -0.05) is 37.8 Å². The summed E-state index contributed by atoms with van der Waals surface area (Å²) >= 11 is 6.21. The van der Waals surface area contributed by atoms with Gasteiger partial charge in [-0.2, -0.15) is 0 Å². The first-order valence-electron chi connectivity index (χ1n) is 10.9. The minimum Gasteiger partial charge on any atom is -0.371 e. The van der Waals surface area contributed by atoms with Crippen LogP contribution >= 0.6 is 11.6 Å². The van der Waals surface area contributed by atoms with Crippen molar-refractivity contribution >= 4 is 34.7 Å². The highest BCUT2D eigenvalue weighted by Gasteiger charge is 2.39. The van der Waals surface area contributed by atoms with Crippen LogP contribution in [0, 0.1) is 12.3 Å². The van der Waals surface area contributed by atoms with E-state index in [4.69, 9.17) is 17.3 Å². The zero-order chi connectivity index (χ0) is 21.3. The molecule has 1 amide bonds. The Morgan fingerprint density at radius 2 is 2.00 bits per heavy atom. The summed E-state index contributed by atoms with van der Waals surface area (Å²) < 4.78 is 0. The minimum atomic E-state index is -0.625. The number of primary amides is 1. The third-order valence-electron chi connectivity index (χ3n) is 6.64. The number of carbonyl (C=O) groups is 1. The Morgan fingerprint density at radius 3 is 2.67 bits per heavy atom. The Labute approximate surface area is 183 Å². The molecule has 1 aliphatic carbocycles. The van der Waals surface area contributed by atoms with Crippen molar-refractivity contribution in [2.24, 2.45) is 11.1 Å². The molecule has 2 aromatic rings. The molecule has 2 heterocycles. The number of nitrogens with one attached hydrogen (secondary N) is 1. The number of nitrogens with zero attached hydrogens (tertiary/aromatic N) is 3. The normalized spacial score (nSPS) is 18.0. The standard InChI is InChI=1S/C23H30ClN5O/c1-3-17-20(24)28-22(19(27-17)21(25)30)26-16-7-8-18(15(2)13-16)29-12-11-23(14-29)9-5-4-6-10-23/h7-8,13H,3-6,9-12,14H2,1-2H3,(H2,25,30)(H,26,28). The SMILES string of the molecule is CCc1nc(C(N)=O)c(Nc2ccc(N3CCC4(CCCCC4)C3)c(C)c2)nc1Cl. The summed E-state index contributed by atoms with van der Waals surface area (Å²) in [7, 11) is 0. The third-order valence-corrected chi connectivity index (χ3v) is 6.94. The third kappa shape index (κ3) is 4.10. The van der Waals surface area contributed by atoms with Gasteiger partial charge in [0.05, 0.1) is 5.69 Å². The first-order chi connectivity index (χ1) is 14.4. The molecular weight excluding hydrogens is 398 g/mol. The lowest BCUT2D eigenvalue weighted by Gasteiger charge is -2.33. The van der Waals surface area contributed by atoms with Crippen molar-refractivity contribution in [2.45, 2.75) is 58.8 Å². The number of aryl methyl sites for hydroxylation is 2. The molecule has 30 heavy (non-hydrogen) atoms. The van der Waals surface area contributed by atoms with Crippen LogP contribution in [0.15, 0.2) is 18.2 Å². The van der Waals surface area contributed by atoms with Gasteiger partial charge in [0.2, 0.25) is 0 Å². The van der Waals surface area contributed by atoms with Gasteiger partial charge in [-0.25, -0.2) is 9.97 Å². The summed E-state index contributed by atoms with van der Waals surface area (Å²) in [4.78, 5) is 23.0. The topological polar surface area (TPSA) is 84.1 Å². The monoisotopic (exact) mass is 427 g/mol. The molecule has 1 spiro atoms. The highest BCUT2D eigenvalue weighted by Crippen LogP contribution is 2.45. The van der Waals surface area contributed by atoms with E-state index in [1.54, 1.807) is 0 Å². The lowest BCUT2D eigenvalue weighted by molar-refractivity contribution is 0.0996. The summed E-state index contributed by atoms with van der Waals surface area (Å²) in [5, 5.41) is 3.47. The van der Waals surface area contributed by atoms with Gasteiger partial charge in [-0.3, -0.25) is 4.79 Å². The number of halogens is 1. The zero-order valence-electron chi connectivity index (χ0n) is 17.8. The maximum Gasteiger partial charge on any atom is 0.271 e. The Balaban J connectivity index is 1.55. The Kier molecular flexibility index (Phi) is 5.87. The number of amides is 1. The second-order valence-electron chi connectivity index (χ2n) is 8.73. The van der Waals surface area contributed by atoms with Crippen molar-refractivity contribution in [3.63, 3.8) is 0 Å². The van der Waals surface area contributed by atoms with Crippen molar-refractivity contribution in [2.75, 3.05) is 23.3 Å². The Morgan fingerprint density at radius 1 is 1.23 bits per heavy atom. The number of aromatic nitrogens is 2. The molecule has 4 rings (SSSR count). The van der Waals surface area contributed by atoms with Crippen molar-refractivity contribution < 1.29 is 4.79 Å². The molecule has 1 aliphatic heterocycles. The van der Waals surface area contributed by atoms with Crippen LogP contribution < -0.4 is 16.0 Å². The number of carbonyl (C=O) groups excluding carboxylic acids is 1. The predicted octanol–water partition coefficient (Wildman–Crippen LogP) is 5.00. The summed E-state index contributed by atoms with van der Waals surface area (Å²) in [6, 6.07) is 6.25. The van der Waals surface area contributed by atoms with Gasteiger partial charge in [-0.15, -0.1) is 0 Å². The molecule has 1 saturated carbocycles. The molecule has 6 nitrogen and oxygen atoms in total. The van der Waals surface area contributed by atoms with E-state index in [0.717, 1.165) is 18.8 Å². The number of rotatable bonds is 5. The second kappa shape index (κ2) is 8.42. The smallest absolute Gasteiger partial charge is 0.271 e. The maximum atomic E-state index is 11.9. The predicted molar refractivity (Wildman–Crippen MR) is 122 cm³/mol. The zero-order valence-corrected chi connectivity index (χ0v) is 18.6. The highest BCUT2D eigenvalue weighted by atomic mass is 35.5. The van der Waals surface area contributed by atoms with Crippen molar-refractivity contribution in [3.8, 4) is 0 Å². The molecule has 0 unspecified atom stereocenters. The molecule has 1 saturated heterocycles. The molecule has 2 fully saturated rings. The molecule has 1 aromatic heterocycles. The van der Waals surface area contributed by atoms with Crippen molar-refractivity contribution in [1.82, 2.24) is 9.97 Å². The number of hydrogen-bond donors (Lipinski definition) is 2. The van der Waals surface area contributed by atoms with E-state index < -0.39 is 5.91 Å². The van der Waals surface area contributed by atoms with Gasteiger partial charge in [-0.05, 0) is 61.8 Å². The van der Waals surface area contributed by atoms with Crippen LogP contribution in [0.2, 0.25) is 5.15 Å². The lowest BCUT2D eigenvalue weighted by atomic mass is 9.73. The Bertz CT molecular complexity index is 955. The van der Waals surface area contributed by atoms with Gasteiger partial charge >= 0.3 is 0 Å². The quantitative estimate of drug-likeness (QED) is 0.701. The van der Waals surface area contributed by atoms with E-state index in [0.29, 0.717) is 23.3 Å². The second-order valence-corrected chi connectivity index (χ2v) is 9.09. The van der Waals surface area contributed by atoms with E-state index in [-0.39, 0.29) is 10.8 Å². The van der Waals surface area contributed by atoms with E-state index in [9.17, 15) is 4.79 Å². The average molecular weight is 428 g/mol. The van der Waals surface area contributed by atoms with E-state index in [1.165, 1.54) is 49.8 Å². The molecule has 1 aromatic carbocycles. The van der Waals surface area contributed by atoms with Crippen LogP contribution in [-0.2, 0) is 6.42 Å². The largest absolute Gasteiger partial charge is 0.371 e. The molecule has 0 radical (unpaired) electrons. The van der Waals surface area contributed by atoms with E-state index >= 15 is 0 Å². The van der Waals surface area contributed by atoms with Gasteiger partial charge in [0.25, 0.3) is 5.91 Å². The number of nitrogens with two attached hydrogens (primary N) is 1. The average Bonchev–Trinajstić information content (AvgIpc) is 3.11. The van der Waals surface area contributed by atoms with Gasteiger partial charge in [0, 0.05) is 24.5 Å². The maximum absolute atomic E-state index is 11.9. The van der Waals surface area contributed by atoms with Crippen LogP contribution in [0.1, 0.15) is 67.2 Å². The molecule has 160 valence electrons. The van der Waals surface area contributed by atoms with Crippen LogP contribution in [0.3, 0.4) is 0 Å². The van der Waals surface area contributed by atoms with Crippen molar-refractivity contribution in [1.29, 1.82) is 0 Å². The molecule has 2 aliphatic rings. The van der Waals surface area contributed by atoms with E-state index in [2.05, 4.69) is 39.2 Å². The summed E-state index contributed by atoms with van der Waals surface area (Å²) in [6.07, 6.45) is 8.75. The summed E-state index contributed by atoms with van der Waals surface area (Å²) in [5.41, 5.74) is 10.0. The van der Waals surface area contributed by atoms with Gasteiger partial charge in [0.15, 0.2) is 16.7 Å². The minimum absolute atomic E-state index is 0.108. The number of benzene rings is 1. The molecule has 7 heteroatoms. The van der Waals surface area contributed by atoms with Crippen LogP contribution in [0.4, 0.5) is 17.2 Å². The fourth-order valence-electron chi connectivity index (χ4n) is 5.01. The van der Waals surface area contributed by atoms with Crippen LogP contribution in [-0.4, -0.2) is 29.0 Å². The Hall–Kier alpha value is -2.34. The number of hydrogen-bond acceptors (Lipinski definition) is 5. The van der Waals surface area contributed by atoms with E-state index in [1.807, 2.05) is 13.0 Å². The summed E-state index contributed by atoms with van der Waals surface area (Å²) in [5.74, 6) is -0.335. The fraction of sp³-hybridized carbons (Fsp3) is 0.522. The molecule has 0 atom stereocenters. The van der Waals surface area contributed by atoms with Gasteiger partial charge < -0.3 is 16.0 Å². The first kappa shape index (κ1) is 20.9. The lowest BCUT2D eigenvalue weighted by Crippen LogP contribution is -2.29. The van der Waals surface area contributed by atoms with Crippen molar-refractivity contribution in [3.05, 3.63) is 40.3 Å². The first-order valence-corrected chi connectivity index (χ1v) is 11.3. The molecule has 0 bridgehead atoms. The highest BCUT2D eigenvalue weighted by molar-refractivity contribution is 6.30.